The molecule has 17 heavy (non-hydrogen) atoms. The van der Waals surface area contributed by atoms with Gasteiger partial charge in [-0.2, -0.15) is 0 Å². The summed E-state index contributed by atoms with van der Waals surface area (Å²) in [5.41, 5.74) is 8.59. The molecular weight excluding hydrogens is 280 g/mol. The largest absolute Gasteiger partial charge is 0.441 e. The molecule has 1 aromatic heterocycles. The van der Waals surface area contributed by atoms with Gasteiger partial charge in [0.2, 0.25) is 5.89 Å². The summed E-state index contributed by atoms with van der Waals surface area (Å²) < 4.78 is 6.66. The van der Waals surface area contributed by atoms with Crippen LogP contribution in [0.25, 0.3) is 11.5 Å². The average molecular weight is 295 g/mol. The van der Waals surface area contributed by atoms with E-state index in [-0.39, 0.29) is 0 Å². The molecular formula is C13H15BrN2O. The second kappa shape index (κ2) is 4.53. The SMILES string of the molecule is Cc1c(N)cc(Br)cc1-c1ncc(C(C)C)o1. The fraction of sp³-hybridized carbons (Fsp3) is 0.308. The molecule has 0 amide bonds. The molecule has 0 bridgehead atoms. The molecule has 3 nitrogen and oxygen atoms in total. The Morgan fingerprint density at radius 1 is 1.35 bits per heavy atom. The quantitative estimate of drug-likeness (QED) is 0.848. The van der Waals surface area contributed by atoms with Crippen LogP contribution in [-0.4, -0.2) is 4.98 Å². The van der Waals surface area contributed by atoms with Crippen molar-refractivity contribution >= 4 is 21.6 Å². The van der Waals surface area contributed by atoms with Crippen molar-refractivity contribution in [3.8, 4) is 11.5 Å². The Kier molecular flexibility index (Phi) is 3.24. The van der Waals surface area contributed by atoms with Gasteiger partial charge in [0.25, 0.3) is 0 Å². The first-order valence-corrected chi connectivity index (χ1v) is 6.30. The van der Waals surface area contributed by atoms with Crippen molar-refractivity contribution in [3.63, 3.8) is 0 Å². The molecule has 4 heteroatoms. The first-order valence-electron chi connectivity index (χ1n) is 5.50. The Morgan fingerprint density at radius 2 is 2.06 bits per heavy atom. The maximum atomic E-state index is 5.93. The van der Waals surface area contributed by atoms with Crippen molar-refractivity contribution in [1.29, 1.82) is 0 Å². The molecule has 90 valence electrons. The van der Waals surface area contributed by atoms with Gasteiger partial charge in [-0.3, -0.25) is 0 Å². The maximum absolute atomic E-state index is 5.93. The molecule has 2 N–H and O–H groups in total. The zero-order valence-electron chi connectivity index (χ0n) is 10.1. The number of oxazole rings is 1. The number of nitrogen functional groups attached to an aromatic ring is 1. The van der Waals surface area contributed by atoms with Gasteiger partial charge in [-0.05, 0) is 24.6 Å². The lowest BCUT2D eigenvalue weighted by molar-refractivity contribution is 0.495. The van der Waals surface area contributed by atoms with Gasteiger partial charge in [0, 0.05) is 21.6 Å². The van der Waals surface area contributed by atoms with E-state index in [1.165, 1.54) is 0 Å². The summed E-state index contributed by atoms with van der Waals surface area (Å²) in [6.45, 7) is 6.12. The third kappa shape index (κ3) is 2.36. The highest BCUT2D eigenvalue weighted by Crippen LogP contribution is 2.31. The predicted molar refractivity (Wildman–Crippen MR) is 72.9 cm³/mol. The highest BCUT2D eigenvalue weighted by atomic mass is 79.9. The highest BCUT2D eigenvalue weighted by Gasteiger charge is 2.13. The molecule has 0 aliphatic rings. The number of hydrogen-bond acceptors (Lipinski definition) is 3. The summed E-state index contributed by atoms with van der Waals surface area (Å²) in [4.78, 5) is 4.31. The Bertz CT molecular complexity index is 546. The molecule has 0 saturated heterocycles. The zero-order valence-corrected chi connectivity index (χ0v) is 11.7. The van der Waals surface area contributed by atoms with Crippen LogP contribution in [0.1, 0.15) is 31.1 Å². The van der Waals surface area contributed by atoms with Crippen LogP contribution < -0.4 is 5.73 Å². The van der Waals surface area contributed by atoms with Crippen molar-refractivity contribution in [2.75, 3.05) is 5.73 Å². The van der Waals surface area contributed by atoms with Crippen LogP contribution >= 0.6 is 15.9 Å². The fourth-order valence-electron chi connectivity index (χ4n) is 1.60. The second-order valence-corrected chi connectivity index (χ2v) is 5.31. The van der Waals surface area contributed by atoms with E-state index in [0.29, 0.717) is 11.8 Å². The van der Waals surface area contributed by atoms with Crippen LogP contribution in [0.5, 0.6) is 0 Å². The lowest BCUT2D eigenvalue weighted by Crippen LogP contribution is -1.93. The van der Waals surface area contributed by atoms with Crippen molar-refractivity contribution in [2.24, 2.45) is 0 Å². The van der Waals surface area contributed by atoms with Crippen molar-refractivity contribution < 1.29 is 4.42 Å². The minimum atomic E-state index is 0.334. The van der Waals surface area contributed by atoms with Gasteiger partial charge in [-0.15, -0.1) is 0 Å². The summed E-state index contributed by atoms with van der Waals surface area (Å²) >= 11 is 3.43. The van der Waals surface area contributed by atoms with Gasteiger partial charge in [0.05, 0.1) is 6.20 Å². The lowest BCUT2D eigenvalue weighted by atomic mass is 10.1. The van der Waals surface area contributed by atoms with E-state index >= 15 is 0 Å². The molecule has 0 radical (unpaired) electrons. The number of halogens is 1. The first-order chi connectivity index (χ1) is 7.99. The van der Waals surface area contributed by atoms with Gasteiger partial charge >= 0.3 is 0 Å². The molecule has 0 unspecified atom stereocenters. The summed E-state index contributed by atoms with van der Waals surface area (Å²) in [6.07, 6.45) is 1.77. The summed E-state index contributed by atoms with van der Waals surface area (Å²) in [5.74, 6) is 1.85. The smallest absolute Gasteiger partial charge is 0.226 e. The van der Waals surface area contributed by atoms with Crippen LogP contribution in [0.2, 0.25) is 0 Å². The van der Waals surface area contributed by atoms with Crippen LogP contribution in [0.15, 0.2) is 27.2 Å². The van der Waals surface area contributed by atoms with Gasteiger partial charge in [0.1, 0.15) is 5.76 Å². The second-order valence-electron chi connectivity index (χ2n) is 4.39. The average Bonchev–Trinajstić information content (AvgIpc) is 2.72. The van der Waals surface area contributed by atoms with E-state index in [2.05, 4.69) is 34.8 Å². The Labute approximate surface area is 109 Å². The molecule has 0 spiro atoms. The zero-order chi connectivity index (χ0) is 12.6. The predicted octanol–water partition coefficient (Wildman–Crippen LogP) is 4.12. The Balaban J connectivity index is 2.52. The van der Waals surface area contributed by atoms with Crippen molar-refractivity contribution in [2.45, 2.75) is 26.7 Å². The van der Waals surface area contributed by atoms with E-state index in [9.17, 15) is 0 Å². The Morgan fingerprint density at radius 3 is 2.65 bits per heavy atom. The number of hydrogen-bond donors (Lipinski definition) is 1. The van der Waals surface area contributed by atoms with E-state index in [1.807, 2.05) is 19.1 Å². The van der Waals surface area contributed by atoms with Gasteiger partial charge in [-0.25, -0.2) is 4.98 Å². The molecule has 0 fully saturated rings. The standard InChI is InChI=1S/C13H15BrN2O/c1-7(2)12-6-16-13(17-12)10-4-9(14)5-11(15)8(10)3/h4-7H,15H2,1-3H3. The fourth-order valence-corrected chi connectivity index (χ4v) is 2.08. The van der Waals surface area contributed by atoms with Crippen LogP contribution in [0, 0.1) is 6.92 Å². The minimum absolute atomic E-state index is 0.334. The minimum Gasteiger partial charge on any atom is -0.441 e. The number of nitrogens with two attached hydrogens (primary N) is 1. The number of anilines is 1. The van der Waals surface area contributed by atoms with Gasteiger partial charge in [-0.1, -0.05) is 29.8 Å². The monoisotopic (exact) mass is 294 g/mol. The summed E-state index contributed by atoms with van der Waals surface area (Å²) in [7, 11) is 0. The topological polar surface area (TPSA) is 52.0 Å². The first kappa shape index (κ1) is 12.2. The third-order valence-electron chi connectivity index (χ3n) is 2.74. The van der Waals surface area contributed by atoms with Crippen molar-refractivity contribution in [1.82, 2.24) is 4.98 Å². The maximum Gasteiger partial charge on any atom is 0.226 e. The molecule has 0 saturated carbocycles. The molecule has 0 aliphatic carbocycles. The molecule has 0 aliphatic heterocycles. The van der Waals surface area contributed by atoms with Crippen LogP contribution in [0.4, 0.5) is 5.69 Å². The van der Waals surface area contributed by atoms with Gasteiger partial charge in [0.15, 0.2) is 0 Å². The van der Waals surface area contributed by atoms with Crippen molar-refractivity contribution in [3.05, 3.63) is 34.1 Å². The summed E-state index contributed by atoms with van der Waals surface area (Å²) in [6, 6.07) is 3.85. The third-order valence-corrected chi connectivity index (χ3v) is 3.19. The normalized spacial score (nSPS) is 11.1. The van der Waals surface area contributed by atoms with Gasteiger partial charge < -0.3 is 10.2 Å². The molecule has 0 atom stereocenters. The molecule has 2 aromatic rings. The lowest BCUT2D eigenvalue weighted by Gasteiger charge is -2.06. The number of benzene rings is 1. The van der Waals surface area contributed by atoms with E-state index in [4.69, 9.17) is 10.2 Å². The van der Waals surface area contributed by atoms with E-state index < -0.39 is 0 Å². The molecule has 1 heterocycles. The van der Waals surface area contributed by atoms with E-state index in [0.717, 1.165) is 27.0 Å². The number of rotatable bonds is 2. The van der Waals surface area contributed by atoms with Crippen LogP contribution in [0.3, 0.4) is 0 Å². The number of aromatic nitrogens is 1. The molecule has 1 aromatic carbocycles. The summed E-state index contributed by atoms with van der Waals surface area (Å²) in [5, 5.41) is 0. The van der Waals surface area contributed by atoms with E-state index in [1.54, 1.807) is 6.20 Å². The molecule has 2 rings (SSSR count). The van der Waals surface area contributed by atoms with Crippen LogP contribution in [-0.2, 0) is 0 Å². The Hall–Kier alpha value is -1.29. The highest BCUT2D eigenvalue weighted by molar-refractivity contribution is 9.10. The number of nitrogens with zero attached hydrogens (tertiary/aromatic N) is 1.